The third-order valence-corrected chi connectivity index (χ3v) is 5.45. The largest absolute Gasteiger partial charge is 0.381 e. The van der Waals surface area contributed by atoms with Gasteiger partial charge in [0.2, 0.25) is 0 Å². The van der Waals surface area contributed by atoms with E-state index >= 15 is 0 Å². The van der Waals surface area contributed by atoms with Crippen LogP contribution in [-0.4, -0.2) is 44.5 Å². The third-order valence-electron chi connectivity index (χ3n) is 5.45. The SMILES string of the molecule is CCCCC/C=C\CC=CCCCCCCCCCOCCCCN(C)CCC=O. The van der Waals surface area contributed by atoms with Crippen LogP contribution in [0.15, 0.2) is 24.3 Å². The van der Waals surface area contributed by atoms with Crippen molar-refractivity contribution >= 4 is 6.29 Å². The third kappa shape index (κ3) is 25.1. The highest BCUT2D eigenvalue weighted by atomic mass is 16.5. The van der Waals surface area contributed by atoms with Gasteiger partial charge in [-0.2, -0.15) is 0 Å². The predicted molar refractivity (Wildman–Crippen MR) is 132 cm³/mol. The predicted octanol–water partition coefficient (Wildman–Crippen LogP) is 7.51. The monoisotopic (exact) mass is 421 g/mol. The minimum absolute atomic E-state index is 0.640. The molecule has 0 aliphatic rings. The molecule has 0 fully saturated rings. The van der Waals surface area contributed by atoms with Crippen LogP contribution in [0.1, 0.15) is 110 Å². The van der Waals surface area contributed by atoms with Gasteiger partial charge in [0.15, 0.2) is 0 Å². The van der Waals surface area contributed by atoms with Crippen molar-refractivity contribution in [3.63, 3.8) is 0 Å². The van der Waals surface area contributed by atoms with Crippen LogP contribution in [0.25, 0.3) is 0 Å². The Hall–Kier alpha value is -0.930. The highest BCUT2D eigenvalue weighted by Gasteiger charge is 1.98. The first kappa shape index (κ1) is 29.1. The van der Waals surface area contributed by atoms with E-state index < -0.39 is 0 Å². The fourth-order valence-corrected chi connectivity index (χ4v) is 3.44. The molecular formula is C27H51NO2. The number of hydrogen-bond donors (Lipinski definition) is 0. The first-order chi connectivity index (χ1) is 14.8. The van der Waals surface area contributed by atoms with Gasteiger partial charge in [-0.15, -0.1) is 0 Å². The van der Waals surface area contributed by atoms with Gasteiger partial charge >= 0.3 is 0 Å². The number of unbranched alkanes of at least 4 members (excludes halogenated alkanes) is 11. The van der Waals surface area contributed by atoms with Crippen molar-refractivity contribution in [2.75, 3.05) is 33.4 Å². The molecular weight excluding hydrogens is 370 g/mol. The Morgan fingerprint density at radius 2 is 1.20 bits per heavy atom. The van der Waals surface area contributed by atoms with Gasteiger partial charge in [-0.3, -0.25) is 0 Å². The van der Waals surface area contributed by atoms with Crippen molar-refractivity contribution in [2.45, 2.75) is 110 Å². The van der Waals surface area contributed by atoms with Gasteiger partial charge in [0.05, 0.1) is 0 Å². The molecule has 0 rings (SSSR count). The number of carbonyl (C=O) groups is 1. The fourth-order valence-electron chi connectivity index (χ4n) is 3.44. The maximum atomic E-state index is 10.3. The van der Waals surface area contributed by atoms with E-state index in [0.717, 1.165) is 51.9 Å². The number of ether oxygens (including phenoxy) is 1. The molecule has 0 saturated heterocycles. The zero-order valence-corrected chi connectivity index (χ0v) is 20.3. The zero-order chi connectivity index (χ0) is 22.0. The van der Waals surface area contributed by atoms with Gasteiger partial charge < -0.3 is 14.4 Å². The summed E-state index contributed by atoms with van der Waals surface area (Å²) in [5.74, 6) is 0. The molecule has 3 heteroatoms. The number of aldehydes is 1. The summed E-state index contributed by atoms with van der Waals surface area (Å²) in [4.78, 5) is 12.6. The molecule has 30 heavy (non-hydrogen) atoms. The summed E-state index contributed by atoms with van der Waals surface area (Å²) in [5.41, 5.74) is 0. The van der Waals surface area contributed by atoms with E-state index in [1.165, 1.54) is 77.0 Å². The number of hydrogen-bond acceptors (Lipinski definition) is 3. The van der Waals surface area contributed by atoms with Crippen molar-refractivity contribution in [2.24, 2.45) is 0 Å². The lowest BCUT2D eigenvalue weighted by Gasteiger charge is -2.14. The summed E-state index contributed by atoms with van der Waals surface area (Å²) in [6.07, 6.45) is 30.2. The molecule has 0 radical (unpaired) electrons. The molecule has 0 bridgehead atoms. The number of rotatable bonds is 24. The van der Waals surface area contributed by atoms with Gasteiger partial charge in [-0.05, 0) is 65.0 Å². The van der Waals surface area contributed by atoms with Gasteiger partial charge in [-0.25, -0.2) is 0 Å². The maximum Gasteiger partial charge on any atom is 0.121 e. The summed E-state index contributed by atoms with van der Waals surface area (Å²) in [5, 5.41) is 0. The minimum atomic E-state index is 0.640. The number of nitrogens with zero attached hydrogens (tertiary/aromatic N) is 1. The van der Waals surface area contributed by atoms with E-state index in [2.05, 4.69) is 43.2 Å². The normalized spacial score (nSPS) is 12.0. The van der Waals surface area contributed by atoms with E-state index in [4.69, 9.17) is 4.74 Å². The second-order valence-electron chi connectivity index (χ2n) is 8.52. The lowest BCUT2D eigenvalue weighted by molar-refractivity contribution is -0.108. The van der Waals surface area contributed by atoms with Crippen molar-refractivity contribution in [1.29, 1.82) is 0 Å². The van der Waals surface area contributed by atoms with Gasteiger partial charge in [-0.1, -0.05) is 76.2 Å². The summed E-state index contributed by atoms with van der Waals surface area (Å²) < 4.78 is 5.73. The summed E-state index contributed by atoms with van der Waals surface area (Å²) in [6.45, 7) is 5.98. The van der Waals surface area contributed by atoms with Gasteiger partial charge in [0, 0.05) is 26.2 Å². The van der Waals surface area contributed by atoms with Crippen LogP contribution in [0.3, 0.4) is 0 Å². The van der Waals surface area contributed by atoms with Crippen LogP contribution < -0.4 is 0 Å². The molecule has 0 N–H and O–H groups in total. The van der Waals surface area contributed by atoms with Crippen LogP contribution >= 0.6 is 0 Å². The fraction of sp³-hybridized carbons (Fsp3) is 0.815. The molecule has 0 aromatic heterocycles. The quantitative estimate of drug-likeness (QED) is 0.0917. The van der Waals surface area contributed by atoms with Crippen molar-refractivity contribution in [3.8, 4) is 0 Å². The second-order valence-corrected chi connectivity index (χ2v) is 8.52. The number of carbonyl (C=O) groups excluding carboxylic acids is 1. The summed E-state index contributed by atoms with van der Waals surface area (Å²) >= 11 is 0. The van der Waals surface area contributed by atoms with Crippen LogP contribution in [0, 0.1) is 0 Å². The van der Waals surface area contributed by atoms with Crippen molar-refractivity contribution in [1.82, 2.24) is 4.90 Å². The van der Waals surface area contributed by atoms with E-state index in [1.807, 2.05) is 0 Å². The zero-order valence-electron chi connectivity index (χ0n) is 20.3. The van der Waals surface area contributed by atoms with Crippen LogP contribution in [0.2, 0.25) is 0 Å². The Kier molecular flexibility index (Phi) is 25.3. The van der Waals surface area contributed by atoms with Crippen LogP contribution in [0.5, 0.6) is 0 Å². The molecule has 176 valence electrons. The average Bonchev–Trinajstić information content (AvgIpc) is 2.75. The molecule has 0 heterocycles. The average molecular weight is 422 g/mol. The standard InChI is InChI=1S/C27H51NO2/c1-3-4-5-6-7-8-9-10-11-12-13-14-15-16-17-18-20-26-30-27-21-19-23-28(2)24-22-25-29/h7-8,10-11,25H,3-6,9,12-24,26-27H2,1-2H3/b8-7-,11-10?. The molecule has 0 amide bonds. The Morgan fingerprint density at radius 3 is 1.83 bits per heavy atom. The molecule has 0 aliphatic carbocycles. The molecule has 0 aromatic rings. The molecule has 0 aromatic carbocycles. The molecule has 0 atom stereocenters. The van der Waals surface area contributed by atoms with Crippen molar-refractivity contribution in [3.05, 3.63) is 24.3 Å². The highest BCUT2D eigenvalue weighted by molar-refractivity contribution is 5.49. The molecule has 0 unspecified atom stereocenters. The summed E-state index contributed by atoms with van der Waals surface area (Å²) in [7, 11) is 2.08. The second kappa shape index (κ2) is 26.1. The van der Waals surface area contributed by atoms with E-state index in [9.17, 15) is 4.79 Å². The van der Waals surface area contributed by atoms with Crippen LogP contribution in [-0.2, 0) is 9.53 Å². The van der Waals surface area contributed by atoms with Gasteiger partial charge in [0.25, 0.3) is 0 Å². The van der Waals surface area contributed by atoms with E-state index in [0.29, 0.717) is 6.42 Å². The summed E-state index contributed by atoms with van der Waals surface area (Å²) in [6, 6.07) is 0. The molecule has 0 saturated carbocycles. The van der Waals surface area contributed by atoms with E-state index in [-0.39, 0.29) is 0 Å². The van der Waals surface area contributed by atoms with Gasteiger partial charge in [0.1, 0.15) is 6.29 Å². The minimum Gasteiger partial charge on any atom is -0.381 e. The Morgan fingerprint density at radius 1 is 0.633 bits per heavy atom. The molecule has 0 spiro atoms. The first-order valence-electron chi connectivity index (χ1n) is 12.8. The van der Waals surface area contributed by atoms with Crippen LogP contribution in [0.4, 0.5) is 0 Å². The topological polar surface area (TPSA) is 29.5 Å². The van der Waals surface area contributed by atoms with E-state index in [1.54, 1.807) is 0 Å². The Bertz CT molecular complexity index is 392. The lowest BCUT2D eigenvalue weighted by Crippen LogP contribution is -2.21. The Labute approximate surface area is 188 Å². The Balaban J connectivity index is 3.16. The van der Waals surface area contributed by atoms with Crippen molar-refractivity contribution < 1.29 is 9.53 Å². The number of allylic oxidation sites excluding steroid dienone is 4. The molecule has 3 nitrogen and oxygen atoms in total. The molecule has 0 aliphatic heterocycles. The smallest absolute Gasteiger partial charge is 0.121 e. The maximum absolute atomic E-state index is 10.3. The lowest BCUT2D eigenvalue weighted by atomic mass is 10.1. The highest BCUT2D eigenvalue weighted by Crippen LogP contribution is 2.09. The first-order valence-corrected chi connectivity index (χ1v) is 12.8.